The number of fused-ring (bicyclic) bond motifs is 1. The van der Waals surface area contributed by atoms with Crippen molar-refractivity contribution in [3.05, 3.63) is 41.9 Å². The maximum atomic E-state index is 5.03. The number of rotatable bonds is 3. The van der Waals surface area contributed by atoms with E-state index in [1.807, 2.05) is 17.6 Å². The minimum Gasteiger partial charge on any atom is -0.352 e. The molecular weight excluding hydrogens is 336 g/mol. The van der Waals surface area contributed by atoms with Crippen molar-refractivity contribution in [2.45, 2.75) is 45.1 Å². The third-order valence-corrected chi connectivity index (χ3v) is 5.52. The molecule has 0 amide bonds. The number of nitrogens with zero attached hydrogens (tertiary/aromatic N) is 5. The fourth-order valence-electron chi connectivity index (χ4n) is 4.05. The van der Waals surface area contributed by atoms with E-state index in [4.69, 9.17) is 10.1 Å². The summed E-state index contributed by atoms with van der Waals surface area (Å²) in [7, 11) is 0. The lowest BCUT2D eigenvalue weighted by Gasteiger charge is -2.39. The minimum absolute atomic E-state index is 0.0913. The Bertz CT molecular complexity index is 1000. The molecule has 0 spiro atoms. The number of aryl methyl sites for hydroxylation is 1. The molecule has 3 aromatic heterocycles. The minimum atomic E-state index is 0.0913. The van der Waals surface area contributed by atoms with Gasteiger partial charge in [0.1, 0.15) is 5.82 Å². The van der Waals surface area contributed by atoms with Gasteiger partial charge in [-0.05, 0) is 57.9 Å². The van der Waals surface area contributed by atoms with Gasteiger partial charge in [0, 0.05) is 48.5 Å². The van der Waals surface area contributed by atoms with Crippen LogP contribution in [0.2, 0.25) is 0 Å². The predicted molar refractivity (Wildman–Crippen MR) is 107 cm³/mol. The third kappa shape index (κ3) is 3.08. The number of pyridine rings is 1. The first-order valence-electron chi connectivity index (χ1n) is 9.83. The van der Waals surface area contributed by atoms with Gasteiger partial charge in [0.2, 0.25) is 0 Å². The van der Waals surface area contributed by atoms with Crippen molar-refractivity contribution in [3.8, 4) is 11.3 Å². The molecule has 140 valence electrons. The Morgan fingerprint density at radius 1 is 1.19 bits per heavy atom. The number of aromatic nitrogens is 4. The van der Waals surface area contributed by atoms with Crippen LogP contribution in [-0.2, 0) is 0 Å². The zero-order valence-corrected chi connectivity index (χ0v) is 16.2. The van der Waals surface area contributed by atoms with Crippen LogP contribution in [0.5, 0.6) is 0 Å². The largest absolute Gasteiger partial charge is 0.352 e. The van der Waals surface area contributed by atoms with Gasteiger partial charge < -0.3 is 10.2 Å². The predicted octanol–water partition coefficient (Wildman–Crippen LogP) is 3.17. The molecular formula is C21H26N6. The van der Waals surface area contributed by atoms with Crippen LogP contribution >= 0.6 is 0 Å². The summed E-state index contributed by atoms with van der Waals surface area (Å²) in [5.41, 5.74) is 5.51. The maximum Gasteiger partial charge on any atom is 0.154 e. The number of nitrogens with one attached hydrogen (secondary N) is 1. The third-order valence-electron chi connectivity index (χ3n) is 5.52. The van der Waals surface area contributed by atoms with Crippen molar-refractivity contribution in [2.75, 3.05) is 24.5 Å². The molecule has 0 atom stereocenters. The second-order valence-electron chi connectivity index (χ2n) is 8.50. The Labute approximate surface area is 159 Å². The highest BCUT2D eigenvalue weighted by atomic mass is 15.4. The standard InChI is InChI=1S/C21H26N6/c1-14-12-16(8-9-22-14)20-19(15-4-5-15)24-17-6-7-18(25-27(17)20)26-11-10-23-21(2,3)13-26/h6-9,12,15,23H,4-5,10-11,13H2,1-3H3. The summed E-state index contributed by atoms with van der Waals surface area (Å²) in [6, 6.07) is 8.44. The molecule has 1 saturated heterocycles. The molecule has 0 bridgehead atoms. The van der Waals surface area contributed by atoms with Crippen LogP contribution in [-0.4, -0.2) is 44.8 Å². The van der Waals surface area contributed by atoms with Gasteiger partial charge in [0.05, 0.1) is 11.4 Å². The number of hydrogen-bond donors (Lipinski definition) is 1. The molecule has 3 aromatic rings. The second kappa shape index (κ2) is 6.02. The van der Waals surface area contributed by atoms with Crippen LogP contribution in [0, 0.1) is 6.92 Å². The summed E-state index contributed by atoms with van der Waals surface area (Å²) in [4.78, 5) is 11.7. The number of hydrogen-bond acceptors (Lipinski definition) is 5. The van der Waals surface area contributed by atoms with E-state index in [1.54, 1.807) is 0 Å². The SMILES string of the molecule is Cc1cc(-c2c(C3CC3)nc3ccc(N4CCNC(C)(C)C4)nn23)ccn1. The summed E-state index contributed by atoms with van der Waals surface area (Å²) >= 11 is 0. The molecule has 5 rings (SSSR count). The van der Waals surface area contributed by atoms with Crippen molar-refractivity contribution >= 4 is 11.5 Å². The normalized spacial score (nSPS) is 19.6. The maximum absolute atomic E-state index is 5.03. The zero-order chi connectivity index (χ0) is 18.6. The van der Waals surface area contributed by atoms with Crippen molar-refractivity contribution < 1.29 is 0 Å². The summed E-state index contributed by atoms with van der Waals surface area (Å²) in [6.07, 6.45) is 4.32. The van der Waals surface area contributed by atoms with Gasteiger partial charge in [0.25, 0.3) is 0 Å². The van der Waals surface area contributed by atoms with E-state index in [-0.39, 0.29) is 5.54 Å². The highest BCUT2D eigenvalue weighted by Crippen LogP contribution is 2.44. The van der Waals surface area contributed by atoms with Crippen LogP contribution < -0.4 is 10.2 Å². The first-order valence-corrected chi connectivity index (χ1v) is 9.83. The molecule has 1 aliphatic heterocycles. The molecule has 27 heavy (non-hydrogen) atoms. The van der Waals surface area contributed by atoms with Crippen molar-refractivity contribution in [3.63, 3.8) is 0 Å². The van der Waals surface area contributed by atoms with E-state index in [9.17, 15) is 0 Å². The Balaban J connectivity index is 1.64. The van der Waals surface area contributed by atoms with Crippen molar-refractivity contribution in [2.24, 2.45) is 0 Å². The average molecular weight is 362 g/mol. The monoisotopic (exact) mass is 362 g/mol. The molecule has 6 nitrogen and oxygen atoms in total. The topological polar surface area (TPSA) is 58.4 Å². The second-order valence-corrected chi connectivity index (χ2v) is 8.50. The van der Waals surface area contributed by atoms with E-state index < -0.39 is 0 Å². The lowest BCUT2D eigenvalue weighted by Crippen LogP contribution is -2.57. The van der Waals surface area contributed by atoms with Gasteiger partial charge in [-0.1, -0.05) is 0 Å². The quantitative estimate of drug-likeness (QED) is 0.776. The Hall–Kier alpha value is -2.47. The summed E-state index contributed by atoms with van der Waals surface area (Å²) in [5, 5.41) is 8.60. The summed E-state index contributed by atoms with van der Waals surface area (Å²) < 4.78 is 2.05. The fraction of sp³-hybridized carbons (Fsp3) is 0.476. The van der Waals surface area contributed by atoms with Gasteiger partial charge in [-0.3, -0.25) is 4.98 Å². The van der Waals surface area contributed by atoms with Crippen LogP contribution in [0.4, 0.5) is 5.82 Å². The molecule has 4 heterocycles. The smallest absolute Gasteiger partial charge is 0.154 e. The Morgan fingerprint density at radius 2 is 2.04 bits per heavy atom. The van der Waals surface area contributed by atoms with E-state index in [0.29, 0.717) is 5.92 Å². The highest BCUT2D eigenvalue weighted by Gasteiger charge is 2.32. The summed E-state index contributed by atoms with van der Waals surface area (Å²) in [6.45, 7) is 9.40. The first-order chi connectivity index (χ1) is 13.0. The molecule has 0 radical (unpaired) electrons. The van der Waals surface area contributed by atoms with Crippen LogP contribution in [0.25, 0.3) is 16.9 Å². The molecule has 2 fully saturated rings. The molecule has 2 aliphatic rings. The van der Waals surface area contributed by atoms with Crippen LogP contribution in [0.3, 0.4) is 0 Å². The number of piperazine rings is 1. The van der Waals surface area contributed by atoms with Gasteiger partial charge in [0.15, 0.2) is 5.65 Å². The molecule has 0 aromatic carbocycles. The van der Waals surface area contributed by atoms with Crippen LogP contribution in [0.15, 0.2) is 30.5 Å². The fourth-order valence-corrected chi connectivity index (χ4v) is 4.05. The first kappa shape index (κ1) is 16.7. The summed E-state index contributed by atoms with van der Waals surface area (Å²) in [5.74, 6) is 1.58. The van der Waals surface area contributed by atoms with Gasteiger partial charge in [-0.25, -0.2) is 9.50 Å². The molecule has 6 heteroatoms. The zero-order valence-electron chi connectivity index (χ0n) is 16.2. The molecule has 1 N–H and O–H groups in total. The van der Waals surface area contributed by atoms with E-state index >= 15 is 0 Å². The lowest BCUT2D eigenvalue weighted by atomic mass is 10.0. The Kier molecular flexibility index (Phi) is 3.72. The van der Waals surface area contributed by atoms with Crippen molar-refractivity contribution in [1.29, 1.82) is 0 Å². The van der Waals surface area contributed by atoms with Gasteiger partial charge in [-0.15, -0.1) is 5.10 Å². The van der Waals surface area contributed by atoms with Gasteiger partial charge in [-0.2, -0.15) is 0 Å². The lowest BCUT2D eigenvalue weighted by molar-refractivity contribution is 0.351. The van der Waals surface area contributed by atoms with Crippen molar-refractivity contribution in [1.82, 2.24) is 24.9 Å². The van der Waals surface area contributed by atoms with Crippen LogP contribution in [0.1, 0.15) is 44.0 Å². The van der Waals surface area contributed by atoms with E-state index in [1.165, 1.54) is 18.5 Å². The van der Waals surface area contributed by atoms with Gasteiger partial charge >= 0.3 is 0 Å². The Morgan fingerprint density at radius 3 is 2.78 bits per heavy atom. The van der Waals surface area contributed by atoms with E-state index in [2.05, 4.69) is 53.3 Å². The molecule has 1 saturated carbocycles. The number of imidazole rings is 1. The highest BCUT2D eigenvalue weighted by molar-refractivity contribution is 5.68. The molecule has 1 aliphatic carbocycles. The molecule has 0 unspecified atom stereocenters. The number of anilines is 1. The van der Waals surface area contributed by atoms with E-state index in [0.717, 1.165) is 48.1 Å². The average Bonchev–Trinajstić information content (AvgIpc) is 3.40.